The van der Waals surface area contributed by atoms with Crippen LogP contribution in [0.15, 0.2) is 36.7 Å². The number of fused-ring (bicyclic) bond motifs is 1. The van der Waals surface area contributed by atoms with Crippen molar-refractivity contribution in [3.05, 3.63) is 42.2 Å². The van der Waals surface area contributed by atoms with Crippen molar-refractivity contribution in [2.45, 2.75) is 25.1 Å². The molecular formula is C18H18F3N5. The topological polar surface area (TPSA) is 65.6 Å². The first-order valence-corrected chi connectivity index (χ1v) is 8.50. The standard InChI is InChI=1S/C18H18F3N5/c19-18(20,21)14-10-24-17(25-11-4-3-7-22-8-11)26-16(14)13-9-23-15-6-2-1-5-12(13)15/h1-2,5-6,9-11,22-23H,3-4,7-8H2,(H,24,25,26)/t11-/m0/s1. The minimum absolute atomic E-state index is 0.108. The van der Waals surface area contributed by atoms with Gasteiger partial charge in [-0.25, -0.2) is 9.97 Å². The molecule has 1 aromatic carbocycles. The maximum atomic E-state index is 13.5. The molecular weight excluding hydrogens is 343 g/mol. The third-order valence-electron chi connectivity index (χ3n) is 4.57. The number of aromatic amines is 1. The Morgan fingerprint density at radius 2 is 2.04 bits per heavy atom. The van der Waals surface area contributed by atoms with Crippen LogP contribution in [-0.4, -0.2) is 34.1 Å². The van der Waals surface area contributed by atoms with Gasteiger partial charge in [-0.15, -0.1) is 0 Å². The van der Waals surface area contributed by atoms with Crippen LogP contribution in [0.2, 0.25) is 0 Å². The van der Waals surface area contributed by atoms with Crippen molar-refractivity contribution in [2.24, 2.45) is 0 Å². The Balaban J connectivity index is 1.78. The van der Waals surface area contributed by atoms with Gasteiger partial charge < -0.3 is 15.6 Å². The molecule has 0 bridgehead atoms. The van der Waals surface area contributed by atoms with Crippen molar-refractivity contribution in [1.82, 2.24) is 20.3 Å². The molecule has 0 saturated carbocycles. The molecule has 3 heterocycles. The van der Waals surface area contributed by atoms with Crippen LogP contribution in [0, 0.1) is 0 Å². The van der Waals surface area contributed by atoms with E-state index >= 15 is 0 Å². The van der Waals surface area contributed by atoms with Crippen LogP contribution in [-0.2, 0) is 6.18 Å². The molecule has 1 aliphatic heterocycles. The summed E-state index contributed by atoms with van der Waals surface area (Å²) in [6, 6.07) is 7.33. The molecule has 1 saturated heterocycles. The predicted octanol–water partition coefficient (Wildman–Crippen LogP) is 3.81. The van der Waals surface area contributed by atoms with E-state index in [0.29, 0.717) is 10.9 Å². The molecule has 0 unspecified atom stereocenters. The van der Waals surface area contributed by atoms with Crippen LogP contribution < -0.4 is 10.6 Å². The van der Waals surface area contributed by atoms with Gasteiger partial charge in [-0.2, -0.15) is 13.2 Å². The smallest absolute Gasteiger partial charge is 0.360 e. The second kappa shape index (κ2) is 6.60. The van der Waals surface area contributed by atoms with Gasteiger partial charge in [0.1, 0.15) is 5.56 Å². The zero-order valence-electron chi connectivity index (χ0n) is 13.9. The van der Waals surface area contributed by atoms with Gasteiger partial charge in [0, 0.05) is 41.4 Å². The zero-order chi connectivity index (χ0) is 18.1. The molecule has 1 aliphatic rings. The van der Waals surface area contributed by atoms with Crippen molar-refractivity contribution >= 4 is 16.9 Å². The van der Waals surface area contributed by atoms with Gasteiger partial charge in [-0.05, 0) is 25.5 Å². The minimum atomic E-state index is -4.53. The van der Waals surface area contributed by atoms with E-state index in [4.69, 9.17) is 0 Å². The summed E-state index contributed by atoms with van der Waals surface area (Å²) in [6.45, 7) is 1.69. The average Bonchev–Trinajstić information content (AvgIpc) is 3.05. The molecule has 136 valence electrons. The lowest BCUT2D eigenvalue weighted by Gasteiger charge is -2.24. The van der Waals surface area contributed by atoms with Gasteiger partial charge in [-0.3, -0.25) is 0 Å². The number of para-hydroxylation sites is 1. The van der Waals surface area contributed by atoms with Crippen LogP contribution in [0.5, 0.6) is 0 Å². The van der Waals surface area contributed by atoms with E-state index in [0.717, 1.165) is 37.6 Å². The second-order valence-corrected chi connectivity index (χ2v) is 6.39. The van der Waals surface area contributed by atoms with Crippen molar-refractivity contribution < 1.29 is 13.2 Å². The van der Waals surface area contributed by atoms with Crippen molar-refractivity contribution in [3.8, 4) is 11.3 Å². The number of H-pyrrole nitrogens is 1. The summed E-state index contributed by atoms with van der Waals surface area (Å²) in [5, 5.41) is 7.10. The molecule has 1 fully saturated rings. The molecule has 26 heavy (non-hydrogen) atoms. The first-order chi connectivity index (χ1) is 12.5. The average molecular weight is 361 g/mol. The summed E-state index contributed by atoms with van der Waals surface area (Å²) in [7, 11) is 0. The summed E-state index contributed by atoms with van der Waals surface area (Å²) in [6.07, 6.45) is -0.164. The van der Waals surface area contributed by atoms with E-state index in [1.54, 1.807) is 18.3 Å². The van der Waals surface area contributed by atoms with Gasteiger partial charge in [0.2, 0.25) is 5.95 Å². The van der Waals surface area contributed by atoms with Crippen molar-refractivity contribution in [2.75, 3.05) is 18.4 Å². The van der Waals surface area contributed by atoms with Crippen molar-refractivity contribution in [3.63, 3.8) is 0 Å². The Morgan fingerprint density at radius 1 is 1.19 bits per heavy atom. The SMILES string of the molecule is FC(F)(F)c1cnc(N[C@H]2CCCNC2)nc1-c1c[nH]c2ccccc12. The Morgan fingerprint density at radius 3 is 2.81 bits per heavy atom. The number of alkyl halides is 3. The number of hydrogen-bond acceptors (Lipinski definition) is 4. The lowest BCUT2D eigenvalue weighted by atomic mass is 10.1. The van der Waals surface area contributed by atoms with E-state index < -0.39 is 11.7 Å². The summed E-state index contributed by atoms with van der Waals surface area (Å²) in [5.41, 5.74) is 0.228. The van der Waals surface area contributed by atoms with Gasteiger partial charge in [0.15, 0.2) is 0 Å². The molecule has 0 aliphatic carbocycles. The number of nitrogens with zero attached hydrogens (tertiary/aromatic N) is 2. The van der Waals surface area contributed by atoms with E-state index in [1.165, 1.54) is 0 Å². The number of anilines is 1. The number of nitrogens with one attached hydrogen (secondary N) is 3. The molecule has 8 heteroatoms. The number of rotatable bonds is 3. The van der Waals surface area contributed by atoms with E-state index in [9.17, 15) is 13.2 Å². The van der Waals surface area contributed by atoms with Gasteiger partial charge in [0.25, 0.3) is 0 Å². The Hall–Kier alpha value is -2.61. The van der Waals surface area contributed by atoms with Gasteiger partial charge in [-0.1, -0.05) is 18.2 Å². The lowest BCUT2D eigenvalue weighted by molar-refractivity contribution is -0.137. The van der Waals surface area contributed by atoms with Crippen LogP contribution >= 0.6 is 0 Å². The maximum Gasteiger partial charge on any atom is 0.419 e. The molecule has 4 rings (SSSR count). The Labute approximate surface area is 148 Å². The number of halogens is 3. The molecule has 3 N–H and O–H groups in total. The van der Waals surface area contributed by atoms with Crippen LogP contribution in [0.3, 0.4) is 0 Å². The summed E-state index contributed by atoms with van der Waals surface area (Å²) in [5.74, 6) is 0.215. The lowest BCUT2D eigenvalue weighted by Crippen LogP contribution is -2.38. The fourth-order valence-corrected chi connectivity index (χ4v) is 3.29. The molecule has 5 nitrogen and oxygen atoms in total. The Bertz CT molecular complexity index is 913. The Kier molecular flexibility index (Phi) is 4.28. The number of aromatic nitrogens is 3. The van der Waals surface area contributed by atoms with E-state index in [1.807, 2.05) is 12.1 Å². The van der Waals surface area contributed by atoms with Crippen LogP contribution in [0.1, 0.15) is 18.4 Å². The monoisotopic (exact) mass is 361 g/mol. The fourth-order valence-electron chi connectivity index (χ4n) is 3.29. The normalized spacial score (nSPS) is 18.2. The van der Waals surface area contributed by atoms with Crippen LogP contribution in [0.4, 0.5) is 19.1 Å². The molecule has 3 aromatic rings. The molecule has 2 aromatic heterocycles. The molecule has 0 radical (unpaired) electrons. The highest BCUT2D eigenvalue weighted by atomic mass is 19.4. The predicted molar refractivity (Wildman–Crippen MR) is 93.8 cm³/mol. The van der Waals surface area contributed by atoms with Gasteiger partial charge >= 0.3 is 6.18 Å². The first kappa shape index (κ1) is 16.8. The first-order valence-electron chi connectivity index (χ1n) is 8.50. The molecule has 0 spiro atoms. The number of hydrogen-bond donors (Lipinski definition) is 3. The zero-order valence-corrected chi connectivity index (χ0v) is 13.9. The summed E-state index contributed by atoms with van der Waals surface area (Å²) >= 11 is 0. The fraction of sp³-hybridized carbons (Fsp3) is 0.333. The largest absolute Gasteiger partial charge is 0.419 e. The van der Waals surface area contributed by atoms with Crippen LogP contribution in [0.25, 0.3) is 22.2 Å². The molecule has 1 atom stereocenters. The number of benzene rings is 1. The highest BCUT2D eigenvalue weighted by Crippen LogP contribution is 2.38. The second-order valence-electron chi connectivity index (χ2n) is 6.39. The molecule has 0 amide bonds. The maximum absolute atomic E-state index is 13.5. The van der Waals surface area contributed by atoms with Gasteiger partial charge in [0.05, 0.1) is 5.69 Å². The quantitative estimate of drug-likeness (QED) is 0.664. The summed E-state index contributed by atoms with van der Waals surface area (Å²) in [4.78, 5) is 11.2. The highest BCUT2D eigenvalue weighted by Gasteiger charge is 2.36. The summed E-state index contributed by atoms with van der Waals surface area (Å²) < 4.78 is 40.5. The third-order valence-corrected chi connectivity index (χ3v) is 4.57. The van der Waals surface area contributed by atoms with Crippen molar-refractivity contribution in [1.29, 1.82) is 0 Å². The van der Waals surface area contributed by atoms with E-state index in [-0.39, 0.29) is 17.7 Å². The number of piperidine rings is 1. The minimum Gasteiger partial charge on any atom is -0.360 e. The highest BCUT2D eigenvalue weighted by molar-refractivity contribution is 5.95. The third kappa shape index (κ3) is 3.24. The van der Waals surface area contributed by atoms with E-state index in [2.05, 4.69) is 25.6 Å².